The number of carbonyl (C=O) groups is 2. The van der Waals surface area contributed by atoms with Crippen molar-refractivity contribution in [2.75, 3.05) is 5.32 Å². The lowest BCUT2D eigenvalue weighted by Gasteiger charge is -2.21. The summed E-state index contributed by atoms with van der Waals surface area (Å²) in [6.45, 7) is 5.19. The zero-order chi connectivity index (χ0) is 23.3. The normalized spacial score (nSPS) is 12.5. The Balaban J connectivity index is 1.69. The standard InChI is InChI=1S/C21H24N4O5S2/c1-13(2)19(25-32(28,29)16-7-5-4-6-8-16)20(27)24-21-23-17(12-31-21)18-10-9-15(30-18)11-22-14(3)26/h4-10,12-13,19,25H,11H2,1-3H3,(H,22,26)(H,23,24,27)/t19-/m0/s1. The van der Waals surface area contributed by atoms with Crippen LogP contribution in [0.25, 0.3) is 11.5 Å². The molecule has 0 spiro atoms. The third-order valence-electron chi connectivity index (χ3n) is 4.44. The van der Waals surface area contributed by atoms with Gasteiger partial charge in [-0.2, -0.15) is 4.72 Å². The number of nitrogens with zero attached hydrogens (tertiary/aromatic N) is 1. The fourth-order valence-electron chi connectivity index (χ4n) is 2.78. The van der Waals surface area contributed by atoms with Crippen LogP contribution in [0.1, 0.15) is 26.5 Å². The van der Waals surface area contributed by atoms with Gasteiger partial charge in [-0.05, 0) is 30.2 Å². The Morgan fingerprint density at radius 3 is 2.50 bits per heavy atom. The number of sulfonamides is 1. The SMILES string of the molecule is CC(=O)NCc1ccc(-c2csc(NC(=O)[C@@H](NS(=O)(=O)c3ccccc3)C(C)C)n2)o1. The van der Waals surface area contributed by atoms with Gasteiger partial charge in [0.05, 0.1) is 11.4 Å². The maximum Gasteiger partial charge on any atom is 0.244 e. The lowest BCUT2D eigenvalue weighted by Crippen LogP contribution is -2.47. The Bertz CT molecular complexity index is 1190. The van der Waals surface area contributed by atoms with E-state index in [0.717, 1.165) is 0 Å². The molecular formula is C21H24N4O5S2. The highest BCUT2D eigenvalue weighted by atomic mass is 32.2. The number of furan rings is 1. The van der Waals surface area contributed by atoms with Crippen LogP contribution in [0, 0.1) is 5.92 Å². The van der Waals surface area contributed by atoms with Gasteiger partial charge in [0.15, 0.2) is 10.9 Å². The smallest absolute Gasteiger partial charge is 0.244 e. The van der Waals surface area contributed by atoms with Crippen LogP contribution in [0.5, 0.6) is 0 Å². The highest BCUT2D eigenvalue weighted by Crippen LogP contribution is 2.27. The van der Waals surface area contributed by atoms with E-state index in [4.69, 9.17) is 4.42 Å². The molecule has 0 fully saturated rings. The van der Waals surface area contributed by atoms with E-state index in [1.54, 1.807) is 49.6 Å². The molecule has 0 unspecified atom stereocenters. The summed E-state index contributed by atoms with van der Waals surface area (Å²) in [5.41, 5.74) is 0.519. The van der Waals surface area contributed by atoms with E-state index in [1.165, 1.54) is 30.4 Å². The van der Waals surface area contributed by atoms with Crippen molar-refractivity contribution in [3.8, 4) is 11.5 Å². The van der Waals surface area contributed by atoms with Gasteiger partial charge in [-0.3, -0.25) is 9.59 Å². The van der Waals surface area contributed by atoms with Crippen LogP contribution in [0.3, 0.4) is 0 Å². The summed E-state index contributed by atoms with van der Waals surface area (Å²) in [6.07, 6.45) is 0. The molecule has 0 radical (unpaired) electrons. The molecule has 2 aromatic heterocycles. The summed E-state index contributed by atoms with van der Waals surface area (Å²) >= 11 is 1.19. The highest BCUT2D eigenvalue weighted by Gasteiger charge is 2.29. The molecule has 0 aliphatic rings. The Morgan fingerprint density at radius 2 is 1.84 bits per heavy atom. The van der Waals surface area contributed by atoms with Crippen LogP contribution >= 0.6 is 11.3 Å². The Hall–Kier alpha value is -3.02. The molecule has 0 aliphatic heterocycles. The second-order valence-corrected chi connectivity index (χ2v) is 9.93. The first kappa shape index (κ1) is 23.6. The molecule has 3 N–H and O–H groups in total. The van der Waals surface area contributed by atoms with Gasteiger partial charge < -0.3 is 15.1 Å². The number of amides is 2. The van der Waals surface area contributed by atoms with Crippen LogP contribution in [0.15, 0.2) is 57.2 Å². The predicted molar refractivity (Wildman–Crippen MR) is 121 cm³/mol. The number of benzene rings is 1. The van der Waals surface area contributed by atoms with Gasteiger partial charge in [0.2, 0.25) is 21.8 Å². The lowest BCUT2D eigenvalue weighted by molar-refractivity contribution is -0.119. The van der Waals surface area contributed by atoms with E-state index in [2.05, 4.69) is 20.3 Å². The summed E-state index contributed by atoms with van der Waals surface area (Å²) in [5, 5.41) is 7.36. The summed E-state index contributed by atoms with van der Waals surface area (Å²) in [7, 11) is -3.86. The molecular weight excluding hydrogens is 452 g/mol. The van der Waals surface area contributed by atoms with Gasteiger partial charge in [-0.15, -0.1) is 11.3 Å². The molecule has 32 heavy (non-hydrogen) atoms. The fourth-order valence-corrected chi connectivity index (χ4v) is 4.84. The van der Waals surface area contributed by atoms with Crippen molar-refractivity contribution in [1.82, 2.24) is 15.0 Å². The Kier molecular flexibility index (Phi) is 7.44. The summed E-state index contributed by atoms with van der Waals surface area (Å²) in [6, 6.07) is 10.4. The highest BCUT2D eigenvalue weighted by molar-refractivity contribution is 7.89. The molecule has 0 bridgehead atoms. The monoisotopic (exact) mass is 476 g/mol. The Labute approximate surface area is 190 Å². The van der Waals surface area contributed by atoms with Gasteiger partial charge in [0.25, 0.3) is 0 Å². The second kappa shape index (κ2) is 10.1. The Morgan fingerprint density at radius 1 is 1.12 bits per heavy atom. The maximum absolute atomic E-state index is 12.8. The van der Waals surface area contributed by atoms with E-state index in [1.807, 2.05) is 0 Å². The zero-order valence-electron chi connectivity index (χ0n) is 17.8. The largest absolute Gasteiger partial charge is 0.458 e. The van der Waals surface area contributed by atoms with Crippen LogP contribution in [0.2, 0.25) is 0 Å². The number of anilines is 1. The van der Waals surface area contributed by atoms with Gasteiger partial charge in [0.1, 0.15) is 17.5 Å². The van der Waals surface area contributed by atoms with Crippen molar-refractivity contribution >= 4 is 38.3 Å². The zero-order valence-corrected chi connectivity index (χ0v) is 19.4. The van der Waals surface area contributed by atoms with Crippen molar-refractivity contribution in [2.45, 2.75) is 38.3 Å². The van der Waals surface area contributed by atoms with Gasteiger partial charge in [-0.1, -0.05) is 32.0 Å². The van der Waals surface area contributed by atoms with Crippen LogP contribution < -0.4 is 15.4 Å². The molecule has 9 nitrogen and oxygen atoms in total. The first-order valence-electron chi connectivity index (χ1n) is 9.83. The molecule has 1 aromatic carbocycles. The molecule has 0 aliphatic carbocycles. The van der Waals surface area contributed by atoms with Crippen molar-refractivity contribution in [2.24, 2.45) is 5.92 Å². The van der Waals surface area contributed by atoms with Crippen molar-refractivity contribution in [1.29, 1.82) is 0 Å². The summed E-state index contributed by atoms with van der Waals surface area (Å²) < 4.78 is 33.4. The van der Waals surface area contributed by atoms with E-state index in [9.17, 15) is 18.0 Å². The lowest BCUT2D eigenvalue weighted by atomic mass is 10.1. The first-order chi connectivity index (χ1) is 15.2. The van der Waals surface area contributed by atoms with Crippen LogP contribution in [0.4, 0.5) is 5.13 Å². The van der Waals surface area contributed by atoms with Crippen molar-refractivity contribution in [3.05, 3.63) is 53.6 Å². The van der Waals surface area contributed by atoms with Crippen molar-refractivity contribution in [3.63, 3.8) is 0 Å². The van der Waals surface area contributed by atoms with E-state index in [0.29, 0.717) is 22.3 Å². The van der Waals surface area contributed by atoms with Gasteiger partial charge >= 0.3 is 0 Å². The number of aromatic nitrogens is 1. The minimum absolute atomic E-state index is 0.0860. The summed E-state index contributed by atoms with van der Waals surface area (Å²) in [5.74, 6) is 0.0981. The van der Waals surface area contributed by atoms with Gasteiger partial charge in [0, 0.05) is 12.3 Å². The average molecular weight is 477 g/mol. The maximum atomic E-state index is 12.8. The first-order valence-corrected chi connectivity index (χ1v) is 12.2. The molecule has 2 amide bonds. The number of rotatable bonds is 9. The van der Waals surface area contributed by atoms with Crippen LogP contribution in [-0.4, -0.2) is 31.3 Å². The number of thiazole rings is 1. The van der Waals surface area contributed by atoms with E-state index >= 15 is 0 Å². The second-order valence-electron chi connectivity index (χ2n) is 7.36. The molecule has 3 rings (SSSR count). The topological polar surface area (TPSA) is 130 Å². The third kappa shape index (κ3) is 6.02. The fraction of sp³-hybridized carbons (Fsp3) is 0.286. The molecule has 1 atom stereocenters. The minimum Gasteiger partial charge on any atom is -0.458 e. The molecule has 3 aromatic rings. The van der Waals surface area contributed by atoms with Crippen LogP contribution in [-0.2, 0) is 26.2 Å². The quantitative estimate of drug-likeness (QED) is 0.435. The number of hydrogen-bond donors (Lipinski definition) is 3. The molecule has 170 valence electrons. The number of nitrogens with one attached hydrogen (secondary N) is 3. The molecule has 2 heterocycles. The molecule has 0 saturated carbocycles. The van der Waals surface area contributed by atoms with E-state index in [-0.39, 0.29) is 23.3 Å². The predicted octanol–water partition coefficient (Wildman–Crippen LogP) is 2.98. The summed E-state index contributed by atoms with van der Waals surface area (Å²) in [4.78, 5) is 28.3. The van der Waals surface area contributed by atoms with Crippen molar-refractivity contribution < 1.29 is 22.4 Å². The van der Waals surface area contributed by atoms with E-state index < -0.39 is 22.0 Å². The minimum atomic E-state index is -3.86. The number of carbonyl (C=O) groups excluding carboxylic acids is 2. The average Bonchev–Trinajstić information content (AvgIpc) is 3.40. The molecule has 0 saturated heterocycles. The number of hydrogen-bond acceptors (Lipinski definition) is 7. The molecule has 11 heteroatoms. The van der Waals surface area contributed by atoms with Gasteiger partial charge in [-0.25, -0.2) is 13.4 Å². The third-order valence-corrected chi connectivity index (χ3v) is 6.66.